The van der Waals surface area contributed by atoms with E-state index in [0.29, 0.717) is 5.76 Å². The van der Waals surface area contributed by atoms with E-state index >= 15 is 0 Å². The fraction of sp³-hybridized carbons (Fsp3) is 0.250. The maximum absolute atomic E-state index is 11.8. The van der Waals surface area contributed by atoms with Crippen molar-refractivity contribution in [3.8, 4) is 0 Å². The van der Waals surface area contributed by atoms with Crippen molar-refractivity contribution in [3.05, 3.63) is 59.0 Å². The van der Waals surface area contributed by atoms with E-state index in [1.807, 2.05) is 19.1 Å². The molecule has 2 aromatic rings. The van der Waals surface area contributed by atoms with Crippen molar-refractivity contribution in [1.82, 2.24) is 5.43 Å². The third kappa shape index (κ3) is 3.35. The molecule has 0 aliphatic rings. The summed E-state index contributed by atoms with van der Waals surface area (Å²) in [4.78, 5) is 11.8. The average Bonchev–Trinajstić information content (AvgIpc) is 2.91. The lowest BCUT2D eigenvalue weighted by Crippen LogP contribution is -2.18. The number of furan rings is 1. The van der Waals surface area contributed by atoms with Crippen LogP contribution in [0.25, 0.3) is 0 Å². The van der Waals surface area contributed by atoms with Crippen LogP contribution in [0.1, 0.15) is 41.3 Å². The van der Waals surface area contributed by atoms with E-state index in [9.17, 15) is 4.79 Å². The van der Waals surface area contributed by atoms with Crippen LogP contribution in [0.2, 0.25) is 0 Å². The summed E-state index contributed by atoms with van der Waals surface area (Å²) < 4.78 is 5.23. The van der Waals surface area contributed by atoms with E-state index in [4.69, 9.17) is 4.42 Å². The van der Waals surface area contributed by atoms with E-state index in [1.54, 1.807) is 19.1 Å². The number of rotatable bonds is 4. The molecule has 104 valence electrons. The Labute approximate surface area is 118 Å². The summed E-state index contributed by atoms with van der Waals surface area (Å²) >= 11 is 0. The Hall–Kier alpha value is -2.36. The van der Waals surface area contributed by atoms with Gasteiger partial charge in [-0.1, -0.05) is 31.2 Å². The zero-order chi connectivity index (χ0) is 14.5. The van der Waals surface area contributed by atoms with Crippen molar-refractivity contribution in [2.24, 2.45) is 5.10 Å². The van der Waals surface area contributed by atoms with E-state index < -0.39 is 0 Å². The lowest BCUT2D eigenvalue weighted by atomic mass is 10.1. The van der Waals surface area contributed by atoms with Gasteiger partial charge in [0.1, 0.15) is 5.76 Å². The summed E-state index contributed by atoms with van der Waals surface area (Å²) in [5.74, 6) is 0.619. The number of hydrogen-bond donors (Lipinski definition) is 1. The highest BCUT2D eigenvalue weighted by molar-refractivity contribution is 6.00. The minimum Gasteiger partial charge on any atom is -0.456 e. The lowest BCUT2D eigenvalue weighted by Gasteiger charge is -2.03. The standard InChI is InChI=1S/C16H18N2O2/c1-4-13-6-8-14(9-7-13)12(3)17-18-16(19)15-10-5-11(2)20-15/h5-10H,4H2,1-3H3,(H,18,19)/b17-12+. The van der Waals surface area contributed by atoms with Crippen LogP contribution in [0, 0.1) is 6.92 Å². The van der Waals surface area contributed by atoms with E-state index in [1.165, 1.54) is 5.56 Å². The number of carbonyl (C=O) groups is 1. The van der Waals surface area contributed by atoms with Gasteiger partial charge in [-0.15, -0.1) is 0 Å². The first-order valence-corrected chi connectivity index (χ1v) is 6.60. The molecule has 0 aliphatic carbocycles. The molecule has 4 heteroatoms. The molecule has 0 saturated heterocycles. The first kappa shape index (κ1) is 14.1. The molecule has 0 fully saturated rings. The molecule has 1 heterocycles. The number of hydrogen-bond acceptors (Lipinski definition) is 3. The minimum absolute atomic E-state index is 0.264. The maximum Gasteiger partial charge on any atom is 0.307 e. The molecular weight excluding hydrogens is 252 g/mol. The molecule has 0 aliphatic heterocycles. The second kappa shape index (κ2) is 6.19. The van der Waals surface area contributed by atoms with Crippen LogP contribution in [-0.2, 0) is 6.42 Å². The van der Waals surface area contributed by atoms with Crippen LogP contribution in [0.4, 0.5) is 0 Å². The molecule has 4 nitrogen and oxygen atoms in total. The van der Waals surface area contributed by atoms with Crippen molar-refractivity contribution in [2.45, 2.75) is 27.2 Å². The quantitative estimate of drug-likeness (QED) is 0.684. The van der Waals surface area contributed by atoms with Gasteiger partial charge in [-0.3, -0.25) is 4.79 Å². The molecule has 1 aromatic heterocycles. The Morgan fingerprint density at radius 1 is 1.20 bits per heavy atom. The highest BCUT2D eigenvalue weighted by Gasteiger charge is 2.08. The second-order valence-electron chi connectivity index (χ2n) is 4.60. The largest absolute Gasteiger partial charge is 0.456 e. The predicted molar refractivity (Wildman–Crippen MR) is 78.9 cm³/mol. The highest BCUT2D eigenvalue weighted by atomic mass is 16.3. The van der Waals surface area contributed by atoms with Crippen LogP contribution < -0.4 is 5.43 Å². The topological polar surface area (TPSA) is 54.6 Å². The Balaban J connectivity index is 2.04. The molecule has 1 aromatic carbocycles. The third-order valence-corrected chi connectivity index (χ3v) is 3.07. The number of nitrogens with one attached hydrogen (secondary N) is 1. The molecule has 0 atom stereocenters. The second-order valence-corrected chi connectivity index (χ2v) is 4.60. The number of benzene rings is 1. The molecule has 0 bridgehead atoms. The summed E-state index contributed by atoms with van der Waals surface area (Å²) in [6, 6.07) is 11.5. The zero-order valence-electron chi connectivity index (χ0n) is 11.9. The molecule has 0 unspecified atom stereocenters. The zero-order valence-corrected chi connectivity index (χ0v) is 11.9. The highest BCUT2D eigenvalue weighted by Crippen LogP contribution is 2.07. The first-order chi connectivity index (χ1) is 9.60. The third-order valence-electron chi connectivity index (χ3n) is 3.07. The van der Waals surface area contributed by atoms with Crippen molar-refractivity contribution < 1.29 is 9.21 Å². The van der Waals surface area contributed by atoms with Crippen molar-refractivity contribution in [3.63, 3.8) is 0 Å². The Kier molecular flexibility index (Phi) is 4.35. The van der Waals surface area contributed by atoms with Crippen LogP contribution in [0.15, 0.2) is 45.9 Å². The van der Waals surface area contributed by atoms with Gasteiger partial charge in [-0.2, -0.15) is 5.10 Å². The van der Waals surface area contributed by atoms with Gasteiger partial charge in [0.2, 0.25) is 0 Å². The first-order valence-electron chi connectivity index (χ1n) is 6.60. The van der Waals surface area contributed by atoms with Crippen LogP contribution >= 0.6 is 0 Å². The number of hydrazone groups is 1. The Bertz CT molecular complexity index is 624. The molecule has 20 heavy (non-hydrogen) atoms. The lowest BCUT2D eigenvalue weighted by molar-refractivity contribution is 0.0926. The number of nitrogens with zero attached hydrogens (tertiary/aromatic N) is 1. The molecule has 1 N–H and O–H groups in total. The van der Waals surface area contributed by atoms with Crippen LogP contribution in [0.3, 0.4) is 0 Å². The molecule has 0 saturated carbocycles. The van der Waals surface area contributed by atoms with Gasteiger partial charge in [0.25, 0.3) is 0 Å². The molecule has 2 rings (SSSR count). The van der Waals surface area contributed by atoms with Gasteiger partial charge in [0.05, 0.1) is 5.71 Å². The van der Waals surface area contributed by atoms with E-state index in [2.05, 4.69) is 29.6 Å². The molecule has 1 amide bonds. The van der Waals surface area contributed by atoms with Gasteiger partial charge in [0.15, 0.2) is 5.76 Å². The fourth-order valence-corrected chi connectivity index (χ4v) is 1.79. The molecule has 0 spiro atoms. The molecule has 0 radical (unpaired) electrons. The molecular formula is C16H18N2O2. The van der Waals surface area contributed by atoms with Crippen LogP contribution in [0.5, 0.6) is 0 Å². The predicted octanol–water partition coefficient (Wildman–Crippen LogP) is 3.30. The van der Waals surface area contributed by atoms with Crippen molar-refractivity contribution in [2.75, 3.05) is 0 Å². The average molecular weight is 270 g/mol. The normalized spacial score (nSPS) is 11.4. The van der Waals surface area contributed by atoms with Gasteiger partial charge < -0.3 is 4.42 Å². The fourth-order valence-electron chi connectivity index (χ4n) is 1.79. The van der Waals surface area contributed by atoms with Crippen molar-refractivity contribution in [1.29, 1.82) is 0 Å². The summed E-state index contributed by atoms with van der Waals surface area (Å²) in [6.45, 7) is 5.76. The number of aryl methyl sites for hydroxylation is 2. The van der Waals surface area contributed by atoms with Gasteiger partial charge in [-0.05, 0) is 43.5 Å². The maximum atomic E-state index is 11.8. The number of carbonyl (C=O) groups excluding carboxylic acids is 1. The SMILES string of the molecule is CCc1ccc(/C(C)=N/NC(=O)c2ccc(C)o2)cc1. The van der Waals surface area contributed by atoms with Gasteiger partial charge >= 0.3 is 5.91 Å². The monoisotopic (exact) mass is 270 g/mol. The van der Waals surface area contributed by atoms with E-state index in [0.717, 1.165) is 17.7 Å². The van der Waals surface area contributed by atoms with E-state index in [-0.39, 0.29) is 11.7 Å². The van der Waals surface area contributed by atoms with Gasteiger partial charge in [0, 0.05) is 0 Å². The Morgan fingerprint density at radius 2 is 1.90 bits per heavy atom. The summed E-state index contributed by atoms with van der Waals surface area (Å²) in [7, 11) is 0. The minimum atomic E-state index is -0.345. The summed E-state index contributed by atoms with van der Waals surface area (Å²) in [5, 5.41) is 4.09. The number of amides is 1. The van der Waals surface area contributed by atoms with Gasteiger partial charge in [-0.25, -0.2) is 5.43 Å². The summed E-state index contributed by atoms with van der Waals surface area (Å²) in [5.41, 5.74) is 5.51. The Morgan fingerprint density at radius 3 is 2.45 bits per heavy atom. The van der Waals surface area contributed by atoms with Crippen molar-refractivity contribution >= 4 is 11.6 Å². The van der Waals surface area contributed by atoms with Crippen LogP contribution in [-0.4, -0.2) is 11.6 Å². The summed E-state index contributed by atoms with van der Waals surface area (Å²) in [6.07, 6.45) is 1.01. The smallest absolute Gasteiger partial charge is 0.307 e.